The van der Waals surface area contributed by atoms with E-state index in [1.54, 1.807) is 6.92 Å². The highest BCUT2D eigenvalue weighted by atomic mass is 16.5. The average molecular weight is 312 g/mol. The van der Waals surface area contributed by atoms with Gasteiger partial charge in [-0.1, -0.05) is 61.8 Å². The van der Waals surface area contributed by atoms with Crippen LogP contribution in [0.2, 0.25) is 0 Å². The summed E-state index contributed by atoms with van der Waals surface area (Å²) in [5, 5.41) is 7.57. The summed E-state index contributed by atoms with van der Waals surface area (Å²) < 4.78 is 4.83. The molecule has 0 aromatic heterocycles. The van der Waals surface area contributed by atoms with E-state index < -0.39 is 0 Å². The summed E-state index contributed by atoms with van der Waals surface area (Å²) in [4.78, 5) is 2.25. The molecular weight excluding hydrogens is 262 g/mol. The highest BCUT2D eigenvalue weighted by Gasteiger charge is 1.81. The first-order chi connectivity index (χ1) is 9.46. The van der Waals surface area contributed by atoms with Crippen molar-refractivity contribution >= 4 is 0 Å². The van der Waals surface area contributed by atoms with Crippen LogP contribution in [-0.2, 0) is 4.74 Å². The Morgan fingerprint density at radius 3 is 0.905 bits per heavy atom. The molecule has 0 fully saturated rings. The SMILES string of the molecule is C.CCC.CCC.CCN(C)CC.CCO.CCOCC. The summed E-state index contributed by atoms with van der Waals surface area (Å²) in [6.45, 7) is 22.7. The largest absolute Gasteiger partial charge is 0.397 e. The van der Waals surface area contributed by atoms with Gasteiger partial charge in [0.1, 0.15) is 0 Å². The van der Waals surface area contributed by atoms with Crippen LogP contribution in [0.3, 0.4) is 0 Å². The third-order valence-electron chi connectivity index (χ3n) is 1.49. The first kappa shape index (κ1) is 37.3. The quantitative estimate of drug-likeness (QED) is 0.747. The zero-order chi connectivity index (χ0) is 17.2. The Balaban J connectivity index is -0.0000000344. The number of hydrogen-bond donors (Lipinski definition) is 1. The molecule has 0 saturated carbocycles. The highest BCUT2D eigenvalue weighted by molar-refractivity contribution is 4.36. The number of aliphatic hydroxyl groups excluding tert-OH is 1. The van der Waals surface area contributed by atoms with Gasteiger partial charge in [-0.3, -0.25) is 0 Å². The molecule has 0 bridgehead atoms. The predicted molar refractivity (Wildman–Crippen MR) is 102 cm³/mol. The number of hydrogen-bond acceptors (Lipinski definition) is 3. The molecule has 3 nitrogen and oxygen atoms in total. The molecule has 1 N–H and O–H groups in total. The number of ether oxygens (including phenoxy) is 1. The van der Waals surface area contributed by atoms with Crippen molar-refractivity contribution in [1.29, 1.82) is 0 Å². The van der Waals surface area contributed by atoms with E-state index in [-0.39, 0.29) is 14.0 Å². The van der Waals surface area contributed by atoms with Crippen LogP contribution in [0.4, 0.5) is 0 Å². The number of aliphatic hydroxyl groups is 1. The molecule has 0 rings (SSSR count). The summed E-state index contributed by atoms with van der Waals surface area (Å²) in [7, 11) is 2.11. The third-order valence-corrected chi connectivity index (χ3v) is 1.49. The Hall–Kier alpha value is -0.120. The maximum absolute atomic E-state index is 7.57. The van der Waals surface area contributed by atoms with Gasteiger partial charge in [0.2, 0.25) is 0 Å². The monoisotopic (exact) mass is 311 g/mol. The van der Waals surface area contributed by atoms with Crippen LogP contribution in [0.15, 0.2) is 0 Å². The van der Waals surface area contributed by atoms with E-state index in [0.29, 0.717) is 0 Å². The minimum absolute atomic E-state index is 0. The van der Waals surface area contributed by atoms with Crippen LogP contribution in [-0.4, -0.2) is 50.0 Å². The Morgan fingerprint density at radius 1 is 0.714 bits per heavy atom. The minimum Gasteiger partial charge on any atom is -0.397 e. The Bertz CT molecular complexity index is 80.5. The molecule has 0 spiro atoms. The molecule has 3 heteroatoms. The third kappa shape index (κ3) is 184. The van der Waals surface area contributed by atoms with Crippen molar-refractivity contribution in [2.24, 2.45) is 0 Å². The van der Waals surface area contributed by atoms with Crippen molar-refractivity contribution in [2.45, 2.75) is 82.6 Å². The summed E-state index contributed by atoms with van der Waals surface area (Å²) in [5.74, 6) is 0. The standard InChI is InChI=1S/C5H13N.C4H10O.2C3H8.C2H6O.CH4/c1-4-6(3)5-2;1-3-5-4-2;2*1-3-2;1-2-3;/h4-5H2,1-3H3;3-4H2,1-2H3;2*3H2,1-2H3;3H,2H2,1H3;1H4. The van der Waals surface area contributed by atoms with Crippen molar-refractivity contribution in [3.05, 3.63) is 0 Å². The molecule has 21 heavy (non-hydrogen) atoms. The van der Waals surface area contributed by atoms with E-state index in [1.807, 2.05) is 13.8 Å². The van der Waals surface area contributed by atoms with Crippen LogP contribution >= 0.6 is 0 Å². The summed E-state index contributed by atoms with van der Waals surface area (Å²) in [6, 6.07) is 0. The molecule has 0 aliphatic carbocycles. The Kier molecular flexibility index (Phi) is 106. The van der Waals surface area contributed by atoms with Crippen molar-refractivity contribution in [2.75, 3.05) is 40.0 Å². The van der Waals surface area contributed by atoms with Gasteiger partial charge in [0, 0.05) is 19.8 Å². The molecule has 0 heterocycles. The average Bonchev–Trinajstić information content (AvgIpc) is 2.42. The smallest absolute Gasteiger partial charge is 0.0437 e. The molecule has 0 saturated heterocycles. The summed E-state index contributed by atoms with van der Waals surface area (Å²) in [5.41, 5.74) is 0. The molecule has 0 unspecified atom stereocenters. The van der Waals surface area contributed by atoms with Gasteiger partial charge in [0.25, 0.3) is 0 Å². The fraction of sp³-hybridized carbons (Fsp3) is 1.00. The van der Waals surface area contributed by atoms with Crippen molar-refractivity contribution < 1.29 is 9.84 Å². The topological polar surface area (TPSA) is 32.7 Å². The van der Waals surface area contributed by atoms with Crippen LogP contribution in [0.1, 0.15) is 82.6 Å². The van der Waals surface area contributed by atoms with E-state index in [1.165, 1.54) is 12.8 Å². The van der Waals surface area contributed by atoms with E-state index in [9.17, 15) is 0 Å². The summed E-state index contributed by atoms with van der Waals surface area (Å²) in [6.07, 6.45) is 2.50. The second-order valence-electron chi connectivity index (χ2n) is 4.00. The maximum atomic E-state index is 7.57. The van der Waals surface area contributed by atoms with Crippen molar-refractivity contribution in [3.8, 4) is 0 Å². The fourth-order valence-corrected chi connectivity index (χ4v) is 0.428. The molecule has 0 atom stereocenters. The zero-order valence-corrected chi connectivity index (χ0v) is 16.3. The van der Waals surface area contributed by atoms with E-state index in [4.69, 9.17) is 9.84 Å². The lowest BCUT2D eigenvalue weighted by Gasteiger charge is -2.07. The Morgan fingerprint density at radius 2 is 0.905 bits per heavy atom. The molecule has 0 aliphatic heterocycles. The summed E-state index contributed by atoms with van der Waals surface area (Å²) >= 11 is 0. The molecule has 138 valence electrons. The second kappa shape index (κ2) is 59.9. The normalized spacial score (nSPS) is 7.43. The van der Waals surface area contributed by atoms with Gasteiger partial charge in [-0.25, -0.2) is 0 Å². The number of nitrogens with zero attached hydrogens (tertiary/aromatic N) is 1. The molecule has 0 aliphatic rings. The molecule has 0 aromatic carbocycles. The zero-order valence-electron chi connectivity index (χ0n) is 16.3. The predicted octanol–water partition coefficient (Wildman–Crippen LogP) is 5.47. The van der Waals surface area contributed by atoms with Gasteiger partial charge in [0.05, 0.1) is 0 Å². The lowest BCUT2D eigenvalue weighted by Crippen LogP contribution is -2.15. The van der Waals surface area contributed by atoms with Gasteiger partial charge >= 0.3 is 0 Å². The molecule has 0 radical (unpaired) electrons. The first-order valence-corrected chi connectivity index (χ1v) is 8.34. The van der Waals surface area contributed by atoms with Gasteiger partial charge in [0.15, 0.2) is 0 Å². The van der Waals surface area contributed by atoms with Crippen LogP contribution in [0, 0.1) is 0 Å². The highest BCUT2D eigenvalue weighted by Crippen LogP contribution is 1.73. The van der Waals surface area contributed by atoms with E-state index >= 15 is 0 Å². The van der Waals surface area contributed by atoms with E-state index in [2.05, 4.69) is 53.5 Å². The Labute approximate surface area is 138 Å². The maximum Gasteiger partial charge on any atom is 0.0437 e. The van der Waals surface area contributed by atoms with Crippen LogP contribution < -0.4 is 0 Å². The van der Waals surface area contributed by atoms with Gasteiger partial charge in [-0.2, -0.15) is 0 Å². The molecule has 0 amide bonds. The fourth-order valence-electron chi connectivity index (χ4n) is 0.428. The van der Waals surface area contributed by atoms with Crippen LogP contribution in [0.5, 0.6) is 0 Å². The van der Waals surface area contributed by atoms with Gasteiger partial charge in [-0.05, 0) is 40.9 Å². The molecule has 0 aromatic rings. The second-order valence-corrected chi connectivity index (χ2v) is 4.00. The van der Waals surface area contributed by atoms with Crippen molar-refractivity contribution in [1.82, 2.24) is 4.90 Å². The minimum atomic E-state index is 0. The van der Waals surface area contributed by atoms with Crippen molar-refractivity contribution in [3.63, 3.8) is 0 Å². The first-order valence-electron chi connectivity index (χ1n) is 8.34. The molecular formula is C18H49NO2. The number of rotatable bonds is 4. The van der Waals surface area contributed by atoms with Crippen LogP contribution in [0.25, 0.3) is 0 Å². The van der Waals surface area contributed by atoms with E-state index in [0.717, 1.165) is 26.3 Å². The lowest BCUT2D eigenvalue weighted by atomic mass is 10.6. The lowest BCUT2D eigenvalue weighted by molar-refractivity contribution is 0.162. The van der Waals surface area contributed by atoms with Gasteiger partial charge < -0.3 is 14.7 Å². The van der Waals surface area contributed by atoms with Gasteiger partial charge in [-0.15, -0.1) is 0 Å².